The van der Waals surface area contributed by atoms with Gasteiger partial charge in [-0.25, -0.2) is 4.39 Å². The van der Waals surface area contributed by atoms with Crippen molar-refractivity contribution in [2.45, 2.75) is 65.0 Å². The summed E-state index contributed by atoms with van der Waals surface area (Å²) in [5, 5.41) is 8.49. The molecule has 1 fully saturated rings. The second kappa shape index (κ2) is 17.2. The van der Waals surface area contributed by atoms with E-state index in [1.807, 2.05) is 38.1 Å². The van der Waals surface area contributed by atoms with Crippen molar-refractivity contribution in [3.05, 3.63) is 65.5 Å². The van der Waals surface area contributed by atoms with Crippen molar-refractivity contribution >= 4 is 17.7 Å². The molecule has 2 aliphatic rings. The number of nitrogens with one attached hydrogen (secondary N) is 3. The zero-order valence-electron chi connectivity index (χ0n) is 23.6. The summed E-state index contributed by atoms with van der Waals surface area (Å²) in [5.41, 5.74) is 2.16. The summed E-state index contributed by atoms with van der Waals surface area (Å²) in [4.78, 5) is 37.6. The van der Waals surface area contributed by atoms with Gasteiger partial charge in [-0.1, -0.05) is 55.2 Å². The number of hydrogen-bond acceptors (Lipinski definition) is 5. The second-order valence-corrected chi connectivity index (χ2v) is 9.95. The first-order chi connectivity index (χ1) is 18.7. The Hall–Kier alpha value is -3.46. The Balaban J connectivity index is 0.000000397. The molecule has 0 radical (unpaired) electrons. The minimum atomic E-state index is -0.457. The fourth-order valence-electron chi connectivity index (χ4n) is 3.47. The molecule has 2 aromatic rings. The molecule has 4 rings (SSSR count). The van der Waals surface area contributed by atoms with Crippen LogP contribution in [0.2, 0.25) is 0 Å². The molecule has 1 saturated carbocycles. The number of rotatable bonds is 0. The number of ether oxygens (including phenoxy) is 1. The number of amides is 3. The Kier molecular flexibility index (Phi) is 14.0. The van der Waals surface area contributed by atoms with Gasteiger partial charge in [-0.15, -0.1) is 0 Å². The second-order valence-electron chi connectivity index (χ2n) is 9.95. The zero-order valence-corrected chi connectivity index (χ0v) is 23.6. The number of halogens is 1. The van der Waals surface area contributed by atoms with Gasteiger partial charge >= 0.3 is 0 Å². The fraction of sp³-hybridized carbons (Fsp3) is 0.500. The summed E-state index contributed by atoms with van der Waals surface area (Å²) in [6.45, 7) is 6.43. The standard InChI is InChI=1S/C20H30N4O4.C7H7F.C3H6/c1-14-11-22-15(2)20(27)24(3)13-19(26)23-12-18(25)21-10-6-8-16-7-4-5-9-17(16)28-14;1-6-2-4-7(8)5-3-6;1-2-3-1/h4-5,7,9,14-15,22H,6,8,10-13H2,1-3H3,(H,21,25)(H,23,26);2-5H,1H3;1-3H2. The maximum Gasteiger partial charge on any atom is 0.240 e. The van der Waals surface area contributed by atoms with Crippen LogP contribution in [0.25, 0.3) is 0 Å². The van der Waals surface area contributed by atoms with Crippen LogP contribution in [0.5, 0.6) is 5.75 Å². The van der Waals surface area contributed by atoms with E-state index in [-0.39, 0.29) is 42.7 Å². The molecule has 2 atom stereocenters. The highest BCUT2D eigenvalue weighted by molar-refractivity contribution is 5.89. The maximum absolute atomic E-state index is 12.4. The molecule has 8 nitrogen and oxygen atoms in total. The van der Waals surface area contributed by atoms with E-state index in [4.69, 9.17) is 4.74 Å². The lowest BCUT2D eigenvalue weighted by molar-refractivity contribution is -0.136. The number of para-hydroxylation sites is 1. The summed E-state index contributed by atoms with van der Waals surface area (Å²) >= 11 is 0. The Bertz CT molecular complexity index is 1020. The first-order valence-corrected chi connectivity index (χ1v) is 13.6. The van der Waals surface area contributed by atoms with Crippen molar-refractivity contribution in [3.8, 4) is 5.75 Å². The molecule has 0 aromatic heterocycles. The van der Waals surface area contributed by atoms with Gasteiger partial charge in [0, 0.05) is 20.1 Å². The van der Waals surface area contributed by atoms with Crippen LogP contribution in [0.3, 0.4) is 0 Å². The van der Waals surface area contributed by atoms with Crippen molar-refractivity contribution in [3.63, 3.8) is 0 Å². The number of carbonyl (C=O) groups excluding carboxylic acids is 3. The number of hydrogen-bond donors (Lipinski definition) is 3. The summed E-state index contributed by atoms with van der Waals surface area (Å²) < 4.78 is 18.1. The van der Waals surface area contributed by atoms with Crippen LogP contribution >= 0.6 is 0 Å². The lowest BCUT2D eigenvalue weighted by Gasteiger charge is -2.24. The first kappa shape index (κ1) is 31.8. The third-order valence-corrected chi connectivity index (χ3v) is 5.90. The monoisotopic (exact) mass is 542 g/mol. The minimum absolute atomic E-state index is 0.0996. The van der Waals surface area contributed by atoms with E-state index >= 15 is 0 Å². The van der Waals surface area contributed by atoms with Crippen LogP contribution in [0.1, 0.15) is 50.7 Å². The van der Waals surface area contributed by atoms with Gasteiger partial charge in [0.2, 0.25) is 17.7 Å². The van der Waals surface area contributed by atoms with Crippen LogP contribution < -0.4 is 20.7 Å². The molecule has 214 valence electrons. The molecule has 0 spiro atoms. The van der Waals surface area contributed by atoms with E-state index in [0.717, 1.165) is 29.7 Å². The molecular weight excluding hydrogens is 499 g/mol. The third kappa shape index (κ3) is 13.8. The average molecular weight is 543 g/mol. The number of nitrogens with zero attached hydrogens (tertiary/aromatic N) is 1. The molecule has 2 unspecified atom stereocenters. The molecule has 1 aliphatic heterocycles. The van der Waals surface area contributed by atoms with Crippen molar-refractivity contribution in [1.82, 2.24) is 20.9 Å². The van der Waals surface area contributed by atoms with Crippen molar-refractivity contribution in [2.24, 2.45) is 0 Å². The molecule has 3 N–H and O–H groups in total. The predicted molar refractivity (Wildman–Crippen MR) is 151 cm³/mol. The molecule has 39 heavy (non-hydrogen) atoms. The third-order valence-electron chi connectivity index (χ3n) is 5.90. The number of likely N-dealkylation sites (N-methyl/N-ethyl adjacent to an activating group) is 1. The quantitative estimate of drug-likeness (QED) is 0.474. The number of benzene rings is 2. The highest BCUT2D eigenvalue weighted by Gasteiger charge is 2.20. The summed E-state index contributed by atoms with van der Waals surface area (Å²) in [7, 11) is 1.56. The molecular formula is C30H43FN4O4. The van der Waals surface area contributed by atoms with Crippen LogP contribution in [-0.4, -0.2) is 68.0 Å². The molecule has 9 heteroatoms. The Morgan fingerprint density at radius 2 is 1.56 bits per heavy atom. The highest BCUT2D eigenvalue weighted by Crippen LogP contribution is 2.20. The van der Waals surface area contributed by atoms with Gasteiger partial charge in [0.15, 0.2) is 0 Å². The normalized spacial score (nSPS) is 20.6. The van der Waals surface area contributed by atoms with Crippen LogP contribution in [0.4, 0.5) is 4.39 Å². The first-order valence-electron chi connectivity index (χ1n) is 13.6. The number of fused-ring (bicyclic) bond motifs is 1. The van der Waals surface area contributed by atoms with Gasteiger partial charge in [-0.2, -0.15) is 0 Å². The number of aryl methyl sites for hydroxylation is 2. The molecule has 0 saturated heterocycles. The van der Waals surface area contributed by atoms with Gasteiger partial charge in [0.05, 0.1) is 19.1 Å². The highest BCUT2D eigenvalue weighted by atomic mass is 19.1. The smallest absolute Gasteiger partial charge is 0.240 e. The summed E-state index contributed by atoms with van der Waals surface area (Å²) in [5.74, 6) is -0.182. The fourth-order valence-corrected chi connectivity index (χ4v) is 3.47. The van der Waals surface area contributed by atoms with Gasteiger partial charge in [-0.3, -0.25) is 14.4 Å². The average Bonchev–Trinajstić information content (AvgIpc) is 3.80. The van der Waals surface area contributed by atoms with Crippen LogP contribution in [0.15, 0.2) is 48.5 Å². The SMILES string of the molecule is C1CC1.CC1CNC(C)C(=O)N(C)CC(=O)NCC(=O)NCCCc2ccccc2O1.Cc1ccc(F)cc1. The molecule has 3 amide bonds. The van der Waals surface area contributed by atoms with Gasteiger partial charge in [0.1, 0.15) is 17.7 Å². The van der Waals surface area contributed by atoms with E-state index in [1.54, 1.807) is 26.1 Å². The van der Waals surface area contributed by atoms with E-state index in [1.165, 1.54) is 36.3 Å². The van der Waals surface area contributed by atoms with Crippen LogP contribution in [-0.2, 0) is 20.8 Å². The van der Waals surface area contributed by atoms with E-state index in [2.05, 4.69) is 16.0 Å². The molecule has 2 aromatic carbocycles. The molecule has 0 bridgehead atoms. The van der Waals surface area contributed by atoms with Gasteiger partial charge in [-0.05, 0) is 57.4 Å². The van der Waals surface area contributed by atoms with Crippen molar-refractivity contribution in [1.29, 1.82) is 0 Å². The summed E-state index contributed by atoms with van der Waals surface area (Å²) in [6, 6.07) is 13.8. The Morgan fingerprint density at radius 3 is 2.21 bits per heavy atom. The van der Waals surface area contributed by atoms with Gasteiger partial charge < -0.3 is 25.6 Å². The van der Waals surface area contributed by atoms with E-state index < -0.39 is 6.04 Å². The predicted octanol–water partition coefficient (Wildman–Crippen LogP) is 3.37. The lowest BCUT2D eigenvalue weighted by atomic mass is 10.1. The maximum atomic E-state index is 12.4. The number of carbonyl (C=O) groups is 3. The van der Waals surface area contributed by atoms with Crippen molar-refractivity contribution in [2.75, 3.05) is 33.2 Å². The Labute approximate surface area is 231 Å². The molecule has 1 aliphatic carbocycles. The summed E-state index contributed by atoms with van der Waals surface area (Å²) in [6.07, 6.45) is 5.90. The largest absolute Gasteiger partial charge is 0.489 e. The van der Waals surface area contributed by atoms with Gasteiger partial charge in [0.25, 0.3) is 0 Å². The minimum Gasteiger partial charge on any atom is -0.489 e. The Morgan fingerprint density at radius 1 is 0.897 bits per heavy atom. The lowest BCUT2D eigenvalue weighted by Crippen LogP contribution is -2.49. The van der Waals surface area contributed by atoms with Crippen LogP contribution in [0, 0.1) is 12.7 Å². The van der Waals surface area contributed by atoms with E-state index in [9.17, 15) is 18.8 Å². The van der Waals surface area contributed by atoms with E-state index in [0.29, 0.717) is 13.1 Å². The topological polar surface area (TPSA) is 99.8 Å². The van der Waals surface area contributed by atoms with Crippen molar-refractivity contribution < 1.29 is 23.5 Å². The zero-order chi connectivity index (χ0) is 28.6. The molecule has 1 heterocycles.